The Morgan fingerprint density at radius 2 is 2.00 bits per heavy atom. The van der Waals surface area contributed by atoms with Crippen molar-refractivity contribution in [3.8, 4) is 0 Å². The summed E-state index contributed by atoms with van der Waals surface area (Å²) in [5.41, 5.74) is 1.79. The summed E-state index contributed by atoms with van der Waals surface area (Å²) < 4.78 is 7.13. The number of carbonyl (C=O) groups is 1. The van der Waals surface area contributed by atoms with Crippen molar-refractivity contribution in [1.82, 2.24) is 19.8 Å². The molecule has 0 bridgehead atoms. The second-order valence-corrected chi connectivity index (χ2v) is 7.46. The molecule has 2 aliphatic rings. The van der Waals surface area contributed by atoms with E-state index < -0.39 is 0 Å². The molecule has 5 rings (SSSR count). The molecule has 3 aromatic rings. The zero-order valence-corrected chi connectivity index (χ0v) is 14.9. The maximum atomic E-state index is 12.7. The standard InChI is InChI=1S/C17H18N6O2S/c24-15(16-21-23-14(11-5-6-11)19-20-17(23)26-16)18-12-3-1-2-4-13(12)22-7-9-25-10-8-22/h1-4,11H,5-10H2,(H,18,24). The average molecular weight is 370 g/mol. The third kappa shape index (κ3) is 2.82. The first kappa shape index (κ1) is 15.7. The Morgan fingerprint density at radius 3 is 2.81 bits per heavy atom. The van der Waals surface area contributed by atoms with Gasteiger partial charge in [0.1, 0.15) is 0 Å². The Hall–Kier alpha value is -2.52. The van der Waals surface area contributed by atoms with Crippen molar-refractivity contribution in [2.24, 2.45) is 0 Å². The average Bonchev–Trinajstić information content (AvgIpc) is 3.30. The number of hydrogen-bond donors (Lipinski definition) is 1. The summed E-state index contributed by atoms with van der Waals surface area (Å²) in [6.07, 6.45) is 2.24. The van der Waals surface area contributed by atoms with Crippen molar-refractivity contribution >= 4 is 33.6 Å². The number of para-hydroxylation sites is 2. The van der Waals surface area contributed by atoms with E-state index in [1.165, 1.54) is 11.3 Å². The fraction of sp³-hybridized carbons (Fsp3) is 0.412. The molecule has 26 heavy (non-hydrogen) atoms. The van der Waals surface area contributed by atoms with Gasteiger partial charge in [0, 0.05) is 19.0 Å². The number of nitrogens with zero attached hydrogens (tertiary/aromatic N) is 5. The molecule has 1 aromatic carbocycles. The molecule has 3 heterocycles. The number of fused-ring (bicyclic) bond motifs is 1. The summed E-state index contributed by atoms with van der Waals surface area (Å²) in [6.45, 7) is 3.02. The zero-order valence-electron chi connectivity index (χ0n) is 14.1. The van der Waals surface area contributed by atoms with Crippen molar-refractivity contribution < 1.29 is 9.53 Å². The van der Waals surface area contributed by atoms with E-state index in [2.05, 4.69) is 25.5 Å². The number of rotatable bonds is 4. The van der Waals surface area contributed by atoms with Gasteiger partial charge >= 0.3 is 0 Å². The lowest BCUT2D eigenvalue weighted by Crippen LogP contribution is -2.36. The summed E-state index contributed by atoms with van der Waals surface area (Å²) in [4.78, 5) is 15.6. The molecule has 2 fully saturated rings. The van der Waals surface area contributed by atoms with Gasteiger partial charge in [0.05, 0.1) is 24.6 Å². The van der Waals surface area contributed by atoms with Gasteiger partial charge in [-0.3, -0.25) is 4.79 Å². The molecule has 1 saturated carbocycles. The quantitative estimate of drug-likeness (QED) is 0.758. The highest BCUT2D eigenvalue weighted by Gasteiger charge is 2.30. The molecule has 0 unspecified atom stereocenters. The van der Waals surface area contributed by atoms with Crippen LogP contribution in [0.15, 0.2) is 24.3 Å². The molecule has 2 aromatic heterocycles. The van der Waals surface area contributed by atoms with Crippen LogP contribution in [0.3, 0.4) is 0 Å². The highest BCUT2D eigenvalue weighted by atomic mass is 32.1. The summed E-state index contributed by atoms with van der Waals surface area (Å²) in [5.74, 6) is 1.08. The first-order valence-corrected chi connectivity index (χ1v) is 9.56. The fourth-order valence-electron chi connectivity index (χ4n) is 3.16. The molecular weight excluding hydrogens is 352 g/mol. The van der Waals surface area contributed by atoms with Gasteiger partial charge in [-0.15, -0.1) is 15.3 Å². The minimum Gasteiger partial charge on any atom is -0.378 e. The van der Waals surface area contributed by atoms with Crippen molar-refractivity contribution in [3.05, 3.63) is 35.1 Å². The van der Waals surface area contributed by atoms with E-state index in [9.17, 15) is 4.79 Å². The molecule has 0 atom stereocenters. The number of morpholine rings is 1. The number of benzene rings is 1. The summed E-state index contributed by atoms with van der Waals surface area (Å²) in [6, 6.07) is 7.83. The Bertz CT molecular complexity index is 957. The molecule has 0 radical (unpaired) electrons. The Balaban J connectivity index is 1.40. The lowest BCUT2D eigenvalue weighted by atomic mass is 10.2. The molecule has 134 valence electrons. The first-order chi connectivity index (χ1) is 12.8. The van der Waals surface area contributed by atoms with Gasteiger partial charge in [-0.25, -0.2) is 0 Å². The predicted molar refractivity (Wildman–Crippen MR) is 98.1 cm³/mol. The number of ether oxygens (including phenoxy) is 1. The lowest BCUT2D eigenvalue weighted by Gasteiger charge is -2.30. The maximum absolute atomic E-state index is 12.7. The number of nitrogens with one attached hydrogen (secondary N) is 1. The van der Waals surface area contributed by atoms with Gasteiger partial charge < -0.3 is 15.0 Å². The largest absolute Gasteiger partial charge is 0.378 e. The smallest absolute Gasteiger partial charge is 0.286 e. The van der Waals surface area contributed by atoms with E-state index in [1.54, 1.807) is 4.52 Å². The lowest BCUT2D eigenvalue weighted by molar-refractivity contribution is 0.102. The summed E-state index contributed by atoms with van der Waals surface area (Å²) >= 11 is 1.26. The van der Waals surface area contributed by atoms with Crippen LogP contribution in [0.25, 0.3) is 4.96 Å². The van der Waals surface area contributed by atoms with E-state index in [1.807, 2.05) is 24.3 Å². The second kappa shape index (κ2) is 6.33. The van der Waals surface area contributed by atoms with E-state index in [0.717, 1.165) is 43.1 Å². The zero-order chi connectivity index (χ0) is 17.5. The van der Waals surface area contributed by atoms with Crippen molar-refractivity contribution in [1.29, 1.82) is 0 Å². The summed E-state index contributed by atoms with van der Waals surface area (Å²) in [5, 5.41) is 16.2. The van der Waals surface area contributed by atoms with Crippen LogP contribution in [0.4, 0.5) is 11.4 Å². The third-order valence-corrected chi connectivity index (χ3v) is 5.55. The van der Waals surface area contributed by atoms with Crippen LogP contribution in [-0.2, 0) is 4.74 Å². The number of aromatic nitrogens is 4. The number of anilines is 2. The van der Waals surface area contributed by atoms with E-state index >= 15 is 0 Å². The minimum atomic E-state index is -0.219. The van der Waals surface area contributed by atoms with Gasteiger partial charge in [-0.05, 0) is 25.0 Å². The van der Waals surface area contributed by atoms with Crippen molar-refractivity contribution in [2.75, 3.05) is 36.5 Å². The van der Waals surface area contributed by atoms with Crippen molar-refractivity contribution in [3.63, 3.8) is 0 Å². The van der Waals surface area contributed by atoms with E-state index in [4.69, 9.17) is 4.74 Å². The monoisotopic (exact) mass is 370 g/mol. The number of amides is 1. The Labute approximate surface area is 153 Å². The molecule has 1 aliphatic heterocycles. The van der Waals surface area contributed by atoms with Gasteiger partial charge in [-0.1, -0.05) is 23.5 Å². The third-order valence-electron chi connectivity index (χ3n) is 4.66. The molecule has 8 nitrogen and oxygen atoms in total. The van der Waals surface area contributed by atoms with Crippen LogP contribution < -0.4 is 10.2 Å². The van der Waals surface area contributed by atoms with E-state index in [0.29, 0.717) is 29.1 Å². The summed E-state index contributed by atoms with van der Waals surface area (Å²) in [7, 11) is 0. The van der Waals surface area contributed by atoms with Gasteiger partial charge in [0.15, 0.2) is 5.82 Å². The van der Waals surface area contributed by atoms with Crippen molar-refractivity contribution in [2.45, 2.75) is 18.8 Å². The van der Waals surface area contributed by atoms with E-state index in [-0.39, 0.29) is 5.91 Å². The van der Waals surface area contributed by atoms with Crippen LogP contribution in [0.1, 0.15) is 34.4 Å². The molecule has 1 saturated heterocycles. The molecule has 1 aliphatic carbocycles. The highest BCUT2D eigenvalue weighted by Crippen LogP contribution is 2.39. The molecule has 1 N–H and O–H groups in total. The Morgan fingerprint density at radius 1 is 1.19 bits per heavy atom. The SMILES string of the molecule is O=C(Nc1ccccc1N1CCOCC1)c1nn2c(C3CC3)nnc2s1. The molecule has 0 spiro atoms. The topological polar surface area (TPSA) is 84.7 Å². The van der Waals surface area contributed by atoms with Crippen LogP contribution in [0, 0.1) is 0 Å². The van der Waals surface area contributed by atoms with Crippen LogP contribution in [-0.4, -0.2) is 52.0 Å². The van der Waals surface area contributed by atoms with Crippen LogP contribution in [0.5, 0.6) is 0 Å². The highest BCUT2D eigenvalue weighted by molar-refractivity contribution is 7.18. The normalized spacial score (nSPS) is 17.6. The first-order valence-electron chi connectivity index (χ1n) is 8.75. The van der Waals surface area contributed by atoms with Gasteiger partial charge in [-0.2, -0.15) is 4.52 Å². The number of hydrogen-bond acceptors (Lipinski definition) is 7. The van der Waals surface area contributed by atoms with Crippen LogP contribution in [0.2, 0.25) is 0 Å². The fourth-order valence-corrected chi connectivity index (χ4v) is 3.90. The Kier molecular flexibility index (Phi) is 3.83. The molecule has 9 heteroatoms. The molecular formula is C17H18N6O2S. The predicted octanol–water partition coefficient (Wildman–Crippen LogP) is 2.15. The number of carbonyl (C=O) groups excluding carboxylic acids is 1. The second-order valence-electron chi connectivity index (χ2n) is 6.50. The van der Waals surface area contributed by atoms with Crippen LogP contribution >= 0.6 is 11.3 Å². The molecule has 1 amide bonds. The van der Waals surface area contributed by atoms with Gasteiger partial charge in [0.25, 0.3) is 5.91 Å². The maximum Gasteiger partial charge on any atom is 0.286 e. The van der Waals surface area contributed by atoms with Gasteiger partial charge in [0.2, 0.25) is 9.97 Å². The minimum absolute atomic E-state index is 0.219.